The molecule has 33 heavy (non-hydrogen) atoms. The number of Topliss-reactive ketones (excluding diaryl/α,β-unsaturated/α-hetero) is 2. The van der Waals surface area contributed by atoms with Crippen molar-refractivity contribution in [3.8, 4) is 17.3 Å². The predicted molar refractivity (Wildman–Crippen MR) is 132 cm³/mol. The van der Waals surface area contributed by atoms with Gasteiger partial charge in [0.2, 0.25) is 0 Å². The van der Waals surface area contributed by atoms with Crippen molar-refractivity contribution in [3.05, 3.63) is 99.9 Å². The summed E-state index contributed by atoms with van der Waals surface area (Å²) in [5, 5.41) is 10.9. The van der Waals surface area contributed by atoms with Gasteiger partial charge in [0, 0.05) is 28.7 Å². The summed E-state index contributed by atoms with van der Waals surface area (Å²) in [7, 11) is 1.99. The van der Waals surface area contributed by atoms with E-state index in [4.69, 9.17) is 5.26 Å². The van der Waals surface area contributed by atoms with Crippen LogP contribution in [0.4, 0.5) is 0 Å². The number of hydrogen-bond donors (Lipinski definition) is 0. The molecule has 3 aromatic carbocycles. The van der Waals surface area contributed by atoms with E-state index in [0.29, 0.717) is 16.7 Å². The van der Waals surface area contributed by atoms with Crippen molar-refractivity contribution in [1.82, 2.24) is 4.57 Å². The van der Waals surface area contributed by atoms with E-state index >= 15 is 0 Å². The first-order chi connectivity index (χ1) is 16.0. The van der Waals surface area contributed by atoms with Gasteiger partial charge in [-0.1, -0.05) is 36.4 Å². The van der Waals surface area contributed by atoms with Gasteiger partial charge in [-0.3, -0.25) is 9.59 Å². The van der Waals surface area contributed by atoms with Crippen LogP contribution in [-0.2, 0) is 7.05 Å². The highest BCUT2D eigenvalue weighted by atomic mass is 32.1. The fourth-order valence-corrected chi connectivity index (χ4v) is 5.55. The average molecular weight is 445 g/mol. The number of carbonyl (C=O) groups excluding carboxylic acids is 2. The summed E-state index contributed by atoms with van der Waals surface area (Å²) < 4.78 is 3.17. The van der Waals surface area contributed by atoms with Crippen molar-refractivity contribution < 1.29 is 9.59 Å². The van der Waals surface area contributed by atoms with Crippen LogP contribution in [0.2, 0.25) is 0 Å². The molecule has 0 saturated carbocycles. The number of hydrogen-bond acceptors (Lipinski definition) is 4. The second-order valence-electron chi connectivity index (χ2n) is 8.14. The highest BCUT2D eigenvalue weighted by Crippen LogP contribution is 2.36. The van der Waals surface area contributed by atoms with Gasteiger partial charge >= 0.3 is 0 Å². The molecule has 2 aromatic heterocycles. The first-order valence-electron chi connectivity index (χ1n) is 10.5. The lowest BCUT2D eigenvalue weighted by Gasteiger charge is -2.04. The van der Waals surface area contributed by atoms with E-state index in [2.05, 4.69) is 16.7 Å². The van der Waals surface area contributed by atoms with Gasteiger partial charge in [-0.2, -0.15) is 5.26 Å². The van der Waals surface area contributed by atoms with Gasteiger partial charge in [-0.05, 0) is 58.8 Å². The van der Waals surface area contributed by atoms with Crippen LogP contribution >= 0.6 is 11.3 Å². The molecule has 2 heterocycles. The smallest absolute Gasteiger partial charge is 0.197 e. The number of nitriles is 1. The minimum atomic E-state index is -0.212. The Bertz CT molecular complexity index is 1650. The fourth-order valence-electron chi connectivity index (χ4n) is 4.48. The van der Waals surface area contributed by atoms with Crippen LogP contribution in [0.15, 0.2) is 78.4 Å². The van der Waals surface area contributed by atoms with E-state index in [1.807, 2.05) is 73.8 Å². The molecule has 0 radical (unpaired) electrons. The first-order valence-corrected chi connectivity index (χ1v) is 11.3. The number of aryl methyl sites for hydroxylation is 1. The van der Waals surface area contributed by atoms with E-state index in [-0.39, 0.29) is 17.1 Å². The molecule has 156 valence electrons. The maximum Gasteiger partial charge on any atom is 0.197 e. The summed E-state index contributed by atoms with van der Waals surface area (Å²) in [6, 6.07) is 25.2. The minimum Gasteiger partial charge on any atom is -0.343 e. The summed E-state index contributed by atoms with van der Waals surface area (Å²) >= 11 is 1.55. The quantitative estimate of drug-likeness (QED) is 0.234. The predicted octanol–water partition coefficient (Wildman–Crippen LogP) is 6.39. The Morgan fingerprint density at radius 1 is 0.879 bits per heavy atom. The molecule has 0 fully saturated rings. The number of rotatable bonds is 2. The van der Waals surface area contributed by atoms with Crippen LogP contribution in [0, 0.1) is 11.3 Å². The zero-order valence-electron chi connectivity index (χ0n) is 17.6. The highest BCUT2D eigenvalue weighted by Gasteiger charge is 2.33. The molecule has 4 nitrogen and oxygen atoms in total. The van der Waals surface area contributed by atoms with Gasteiger partial charge in [-0.15, -0.1) is 11.3 Å². The Kier molecular flexibility index (Phi) is 4.19. The summed E-state index contributed by atoms with van der Waals surface area (Å²) in [5.74, 6) is -0.423. The van der Waals surface area contributed by atoms with Crippen LogP contribution in [-0.4, -0.2) is 16.1 Å². The lowest BCUT2D eigenvalue weighted by atomic mass is 10.0. The standard InChI is InChI=1S/C28H16N2O2S/c1-30-24(17-8-6-16(15-29)7-9-17)14-26-25(30)13-20(33-26)12-23-27(31)21-10-18-4-2-3-5-19(18)11-22(21)28(23)32/h2-14H,1H3. The second kappa shape index (κ2) is 7.13. The topological polar surface area (TPSA) is 62.9 Å². The van der Waals surface area contributed by atoms with Crippen LogP contribution in [0.1, 0.15) is 31.2 Å². The lowest BCUT2D eigenvalue weighted by Crippen LogP contribution is -1.99. The molecule has 6 rings (SSSR count). The molecule has 5 heteroatoms. The number of thiophene rings is 1. The molecule has 0 saturated heterocycles. The Labute approximate surface area is 193 Å². The monoisotopic (exact) mass is 444 g/mol. The first kappa shape index (κ1) is 19.4. The van der Waals surface area contributed by atoms with Gasteiger partial charge in [0.05, 0.1) is 27.4 Å². The fraction of sp³-hybridized carbons (Fsp3) is 0.0357. The molecular weight excluding hydrogens is 428 g/mol. The zero-order valence-corrected chi connectivity index (χ0v) is 18.4. The van der Waals surface area contributed by atoms with Crippen molar-refractivity contribution in [1.29, 1.82) is 5.26 Å². The number of allylic oxidation sites excluding steroid dienone is 1. The summed E-state index contributed by atoms with van der Waals surface area (Å²) in [5.41, 5.74) is 4.92. The molecule has 1 aliphatic rings. The van der Waals surface area contributed by atoms with E-state index in [1.165, 1.54) is 0 Å². The number of aromatic nitrogens is 1. The van der Waals surface area contributed by atoms with E-state index in [9.17, 15) is 9.59 Å². The normalized spacial score (nSPS) is 13.0. The molecule has 0 amide bonds. The highest BCUT2D eigenvalue weighted by molar-refractivity contribution is 7.19. The average Bonchev–Trinajstić information content (AvgIpc) is 3.45. The van der Waals surface area contributed by atoms with Crippen molar-refractivity contribution in [2.45, 2.75) is 0 Å². The Balaban J connectivity index is 1.39. The molecule has 5 aromatic rings. The molecule has 0 spiro atoms. The maximum absolute atomic E-state index is 13.1. The van der Waals surface area contributed by atoms with E-state index in [1.54, 1.807) is 17.4 Å². The largest absolute Gasteiger partial charge is 0.343 e. The van der Waals surface area contributed by atoms with Gasteiger partial charge in [0.15, 0.2) is 11.6 Å². The van der Waals surface area contributed by atoms with E-state index < -0.39 is 0 Å². The maximum atomic E-state index is 13.1. The third-order valence-electron chi connectivity index (χ3n) is 6.21. The minimum absolute atomic E-state index is 0.212. The Hall–Kier alpha value is -4.27. The van der Waals surface area contributed by atoms with Crippen molar-refractivity contribution in [2.75, 3.05) is 0 Å². The third-order valence-corrected chi connectivity index (χ3v) is 7.23. The SMILES string of the molecule is Cn1c(-c2ccc(C#N)cc2)cc2sc(C=C3C(=O)c4cc5ccccc5cc4C3=O)cc21. The molecule has 0 atom stereocenters. The summed E-state index contributed by atoms with van der Waals surface area (Å²) in [6.07, 6.45) is 1.72. The molecule has 0 unspecified atom stereocenters. The molecule has 0 N–H and O–H groups in total. The summed E-state index contributed by atoms with van der Waals surface area (Å²) in [6.45, 7) is 0. The van der Waals surface area contributed by atoms with Crippen molar-refractivity contribution >= 4 is 50.0 Å². The zero-order chi connectivity index (χ0) is 22.7. The van der Waals surface area contributed by atoms with Crippen LogP contribution in [0.25, 0.3) is 38.3 Å². The van der Waals surface area contributed by atoms with Gasteiger partial charge in [0.1, 0.15) is 0 Å². The molecule has 0 aliphatic heterocycles. The second-order valence-corrected chi connectivity index (χ2v) is 9.25. The van der Waals surface area contributed by atoms with Gasteiger partial charge in [0.25, 0.3) is 0 Å². The van der Waals surface area contributed by atoms with Crippen LogP contribution in [0.5, 0.6) is 0 Å². The summed E-state index contributed by atoms with van der Waals surface area (Å²) in [4.78, 5) is 27.0. The molecular formula is C28H16N2O2S. The Morgan fingerprint density at radius 2 is 1.52 bits per heavy atom. The number of carbonyl (C=O) groups is 2. The third kappa shape index (κ3) is 2.96. The van der Waals surface area contributed by atoms with Crippen molar-refractivity contribution in [2.24, 2.45) is 7.05 Å². The van der Waals surface area contributed by atoms with Crippen molar-refractivity contribution in [3.63, 3.8) is 0 Å². The van der Waals surface area contributed by atoms with E-state index in [0.717, 1.165) is 37.1 Å². The van der Waals surface area contributed by atoms with Crippen LogP contribution in [0.3, 0.4) is 0 Å². The number of ketones is 2. The number of nitrogens with zero attached hydrogens (tertiary/aromatic N) is 2. The van der Waals surface area contributed by atoms with Crippen LogP contribution < -0.4 is 0 Å². The Morgan fingerprint density at radius 3 is 2.09 bits per heavy atom. The number of benzene rings is 3. The lowest BCUT2D eigenvalue weighted by molar-refractivity contribution is 0.0990. The number of fused-ring (bicyclic) bond motifs is 3. The van der Waals surface area contributed by atoms with Gasteiger partial charge < -0.3 is 4.57 Å². The van der Waals surface area contributed by atoms with Gasteiger partial charge in [-0.25, -0.2) is 0 Å². The molecule has 0 bridgehead atoms. The molecule has 1 aliphatic carbocycles.